The monoisotopic (exact) mass is 228 g/mol. The van der Waals surface area contributed by atoms with E-state index in [1.165, 1.54) is 0 Å². The molecule has 0 aliphatic heterocycles. The summed E-state index contributed by atoms with van der Waals surface area (Å²) in [6, 6.07) is 0.0454. The van der Waals surface area contributed by atoms with E-state index in [9.17, 15) is 0 Å². The van der Waals surface area contributed by atoms with Crippen LogP contribution < -0.4 is 5.73 Å². The zero-order chi connectivity index (χ0) is 11.4. The van der Waals surface area contributed by atoms with Crippen molar-refractivity contribution >= 4 is 11.3 Å². The number of nitrogens with zero attached hydrogens (tertiary/aromatic N) is 1. The molecule has 3 atom stereocenters. The molecule has 0 aliphatic carbocycles. The van der Waals surface area contributed by atoms with E-state index in [1.54, 1.807) is 18.4 Å². The summed E-state index contributed by atoms with van der Waals surface area (Å²) < 4.78 is 5.22. The van der Waals surface area contributed by atoms with Crippen molar-refractivity contribution in [3.8, 4) is 0 Å². The molecular weight excluding hydrogens is 208 g/mol. The molecule has 3 nitrogen and oxygen atoms in total. The SMILES string of the molecule is CCC(C)C(N)c1csc(C(C)OC)n1. The van der Waals surface area contributed by atoms with Gasteiger partial charge in [-0.1, -0.05) is 20.3 Å². The van der Waals surface area contributed by atoms with Crippen LogP contribution in [0.3, 0.4) is 0 Å². The summed E-state index contributed by atoms with van der Waals surface area (Å²) in [5.74, 6) is 0.470. The van der Waals surface area contributed by atoms with Crippen molar-refractivity contribution in [2.45, 2.75) is 39.3 Å². The molecule has 0 aromatic carbocycles. The van der Waals surface area contributed by atoms with Gasteiger partial charge < -0.3 is 10.5 Å². The predicted molar refractivity (Wildman–Crippen MR) is 63.9 cm³/mol. The number of hydrogen-bond donors (Lipinski definition) is 1. The van der Waals surface area contributed by atoms with Crippen LogP contribution in [-0.4, -0.2) is 12.1 Å². The highest BCUT2D eigenvalue weighted by Gasteiger charge is 2.17. The molecule has 0 bridgehead atoms. The Morgan fingerprint density at radius 2 is 2.20 bits per heavy atom. The molecule has 1 heterocycles. The van der Waals surface area contributed by atoms with Gasteiger partial charge in [-0.3, -0.25) is 0 Å². The molecule has 4 heteroatoms. The first-order chi connectivity index (χ1) is 7.10. The molecule has 0 aliphatic rings. The average molecular weight is 228 g/mol. The number of aromatic nitrogens is 1. The van der Waals surface area contributed by atoms with E-state index in [0.29, 0.717) is 5.92 Å². The fourth-order valence-electron chi connectivity index (χ4n) is 1.29. The number of thiazole rings is 1. The smallest absolute Gasteiger partial charge is 0.122 e. The van der Waals surface area contributed by atoms with Crippen LogP contribution in [0, 0.1) is 5.92 Å². The standard InChI is InChI=1S/C11H20N2OS/c1-5-7(2)10(12)9-6-15-11(13-9)8(3)14-4/h6-8,10H,5,12H2,1-4H3. The molecule has 1 aromatic rings. The number of rotatable bonds is 5. The lowest BCUT2D eigenvalue weighted by Gasteiger charge is -2.15. The highest BCUT2D eigenvalue weighted by molar-refractivity contribution is 7.09. The van der Waals surface area contributed by atoms with Crippen molar-refractivity contribution < 1.29 is 4.74 Å². The minimum absolute atomic E-state index is 0.0454. The molecule has 0 saturated heterocycles. The first kappa shape index (κ1) is 12.6. The third-order valence-corrected chi connectivity index (χ3v) is 3.86. The predicted octanol–water partition coefficient (Wildman–Crippen LogP) is 2.90. The lowest BCUT2D eigenvalue weighted by Crippen LogP contribution is -2.19. The molecule has 1 aromatic heterocycles. The van der Waals surface area contributed by atoms with Crippen molar-refractivity contribution in [1.29, 1.82) is 0 Å². The zero-order valence-electron chi connectivity index (χ0n) is 9.86. The van der Waals surface area contributed by atoms with E-state index >= 15 is 0 Å². The van der Waals surface area contributed by atoms with Crippen molar-refractivity contribution in [2.75, 3.05) is 7.11 Å². The summed E-state index contributed by atoms with van der Waals surface area (Å²) in [6.07, 6.45) is 1.14. The first-order valence-corrected chi connectivity index (χ1v) is 6.21. The van der Waals surface area contributed by atoms with Crippen LogP contribution in [0.5, 0.6) is 0 Å². The van der Waals surface area contributed by atoms with Crippen molar-refractivity contribution in [2.24, 2.45) is 11.7 Å². The quantitative estimate of drug-likeness (QED) is 0.843. The van der Waals surface area contributed by atoms with Crippen LogP contribution in [-0.2, 0) is 4.74 Å². The minimum Gasteiger partial charge on any atom is -0.375 e. The lowest BCUT2D eigenvalue weighted by molar-refractivity contribution is 0.119. The van der Waals surface area contributed by atoms with Gasteiger partial charge in [-0.15, -0.1) is 11.3 Å². The molecule has 0 spiro atoms. The van der Waals surface area contributed by atoms with Gasteiger partial charge in [0.2, 0.25) is 0 Å². The maximum atomic E-state index is 6.11. The van der Waals surface area contributed by atoms with Gasteiger partial charge in [0.15, 0.2) is 0 Å². The maximum absolute atomic E-state index is 6.11. The summed E-state index contributed by atoms with van der Waals surface area (Å²) in [6.45, 7) is 6.30. The van der Waals surface area contributed by atoms with E-state index < -0.39 is 0 Å². The van der Waals surface area contributed by atoms with Crippen LogP contribution in [0.4, 0.5) is 0 Å². The summed E-state index contributed by atoms with van der Waals surface area (Å²) in [5.41, 5.74) is 7.10. The van der Waals surface area contributed by atoms with E-state index in [-0.39, 0.29) is 12.1 Å². The first-order valence-electron chi connectivity index (χ1n) is 5.33. The van der Waals surface area contributed by atoms with Gasteiger partial charge in [0.1, 0.15) is 11.1 Å². The second-order valence-corrected chi connectivity index (χ2v) is 4.79. The van der Waals surface area contributed by atoms with Crippen molar-refractivity contribution in [3.05, 3.63) is 16.1 Å². The van der Waals surface area contributed by atoms with Gasteiger partial charge in [-0.05, 0) is 12.8 Å². The van der Waals surface area contributed by atoms with Gasteiger partial charge in [0.25, 0.3) is 0 Å². The third-order valence-electron chi connectivity index (χ3n) is 2.84. The van der Waals surface area contributed by atoms with E-state index in [1.807, 2.05) is 12.3 Å². The van der Waals surface area contributed by atoms with Crippen molar-refractivity contribution in [3.63, 3.8) is 0 Å². The zero-order valence-corrected chi connectivity index (χ0v) is 10.7. The number of ether oxygens (including phenoxy) is 1. The van der Waals surface area contributed by atoms with Crippen LogP contribution in [0.25, 0.3) is 0 Å². The van der Waals surface area contributed by atoms with Gasteiger partial charge >= 0.3 is 0 Å². The Morgan fingerprint density at radius 1 is 1.53 bits per heavy atom. The Bertz CT molecular complexity index is 301. The number of hydrogen-bond acceptors (Lipinski definition) is 4. The number of methoxy groups -OCH3 is 1. The topological polar surface area (TPSA) is 48.1 Å². The molecule has 0 saturated carbocycles. The summed E-state index contributed by atoms with van der Waals surface area (Å²) in [4.78, 5) is 4.52. The summed E-state index contributed by atoms with van der Waals surface area (Å²) >= 11 is 1.62. The fourth-order valence-corrected chi connectivity index (χ4v) is 2.18. The number of nitrogens with two attached hydrogens (primary N) is 1. The van der Waals surface area contributed by atoms with Crippen LogP contribution in [0.15, 0.2) is 5.38 Å². The summed E-state index contributed by atoms with van der Waals surface area (Å²) in [7, 11) is 1.69. The Labute approximate surface area is 95.7 Å². The van der Waals surface area contributed by atoms with E-state index in [2.05, 4.69) is 18.8 Å². The van der Waals surface area contributed by atoms with Gasteiger partial charge in [-0.25, -0.2) is 4.98 Å². The lowest BCUT2D eigenvalue weighted by atomic mass is 9.98. The van der Waals surface area contributed by atoms with Crippen LogP contribution >= 0.6 is 11.3 Å². The normalized spacial score (nSPS) is 17.4. The molecule has 2 N–H and O–H groups in total. The van der Waals surface area contributed by atoms with Gasteiger partial charge in [-0.2, -0.15) is 0 Å². The second-order valence-electron chi connectivity index (χ2n) is 3.90. The molecule has 15 heavy (non-hydrogen) atoms. The van der Waals surface area contributed by atoms with Crippen LogP contribution in [0.1, 0.15) is 50.0 Å². The molecule has 0 radical (unpaired) electrons. The minimum atomic E-state index is 0.0454. The third kappa shape index (κ3) is 3.00. The van der Waals surface area contributed by atoms with Gasteiger partial charge in [0.05, 0.1) is 11.7 Å². The molecule has 1 rings (SSSR count). The van der Waals surface area contributed by atoms with Crippen LogP contribution in [0.2, 0.25) is 0 Å². The maximum Gasteiger partial charge on any atom is 0.122 e. The molecular formula is C11H20N2OS. The molecule has 3 unspecified atom stereocenters. The summed E-state index contributed by atoms with van der Waals surface area (Å²) in [5, 5.41) is 3.05. The Morgan fingerprint density at radius 3 is 2.73 bits per heavy atom. The second kappa shape index (κ2) is 5.58. The molecule has 86 valence electrons. The fraction of sp³-hybridized carbons (Fsp3) is 0.727. The Hall–Kier alpha value is -0.450. The Balaban J connectivity index is 2.75. The van der Waals surface area contributed by atoms with Gasteiger partial charge in [0, 0.05) is 12.5 Å². The highest BCUT2D eigenvalue weighted by atomic mass is 32.1. The van der Waals surface area contributed by atoms with Crippen molar-refractivity contribution in [1.82, 2.24) is 4.98 Å². The van der Waals surface area contributed by atoms with E-state index in [4.69, 9.17) is 10.5 Å². The van der Waals surface area contributed by atoms with E-state index in [0.717, 1.165) is 17.1 Å². The largest absolute Gasteiger partial charge is 0.375 e. The Kier molecular flexibility index (Phi) is 4.70. The molecule has 0 fully saturated rings. The molecule has 0 amide bonds. The average Bonchev–Trinajstić information content (AvgIpc) is 2.75. The highest BCUT2D eigenvalue weighted by Crippen LogP contribution is 2.26.